The molecule has 0 atom stereocenters. The smallest absolute Gasteiger partial charge is 0.269 e. The van der Waals surface area contributed by atoms with Crippen LogP contribution in [0.1, 0.15) is 16.7 Å². The Hall–Kier alpha value is -3.25. The average Bonchev–Trinajstić information content (AvgIpc) is 2.63. The number of benzene rings is 2. The molecule has 0 aliphatic carbocycles. The van der Waals surface area contributed by atoms with Gasteiger partial charge in [0.1, 0.15) is 17.9 Å². The molecule has 3 rings (SSSR count). The minimum atomic E-state index is -0.163. The summed E-state index contributed by atoms with van der Waals surface area (Å²) in [7, 11) is 1.71. The van der Waals surface area contributed by atoms with E-state index in [1.165, 1.54) is 4.57 Å². The fourth-order valence-corrected chi connectivity index (χ4v) is 2.24. The molecule has 118 valence electrons. The molecule has 24 heavy (non-hydrogen) atoms. The average molecular weight is 315 g/mol. The number of hydrogen-bond donors (Lipinski definition) is 0. The first kappa shape index (κ1) is 15.6. The second-order valence-electron chi connectivity index (χ2n) is 5.36. The number of aryl methyl sites for hydroxylation is 1. The van der Waals surface area contributed by atoms with Gasteiger partial charge in [-0.2, -0.15) is 0 Å². The fraction of sp³-hybridized carbons (Fsp3) is 0.0952. The molecule has 0 radical (unpaired) electrons. The van der Waals surface area contributed by atoms with Crippen LogP contribution in [0.4, 0.5) is 0 Å². The van der Waals surface area contributed by atoms with Crippen molar-refractivity contribution >= 4 is 0 Å². The van der Waals surface area contributed by atoms with Crippen LogP contribution in [0.3, 0.4) is 0 Å². The molecule has 1 heterocycles. The summed E-state index contributed by atoms with van der Waals surface area (Å²) in [5.41, 5.74) is 2.11. The predicted octanol–water partition coefficient (Wildman–Crippen LogP) is 3.36. The lowest BCUT2D eigenvalue weighted by Crippen LogP contribution is -2.19. The van der Waals surface area contributed by atoms with Crippen molar-refractivity contribution in [3.05, 3.63) is 100.0 Å². The van der Waals surface area contributed by atoms with E-state index in [1.807, 2.05) is 60.7 Å². The summed E-state index contributed by atoms with van der Waals surface area (Å²) in [6, 6.07) is 21.2. The lowest BCUT2D eigenvalue weighted by molar-refractivity contribution is 0.304. The number of hydrogen-bond acceptors (Lipinski definition) is 2. The number of rotatable bonds is 3. The number of aromatic nitrogens is 1. The van der Waals surface area contributed by atoms with Gasteiger partial charge in [-0.15, -0.1) is 0 Å². The van der Waals surface area contributed by atoms with Gasteiger partial charge >= 0.3 is 0 Å². The summed E-state index contributed by atoms with van der Waals surface area (Å²) in [5, 5.41) is 0. The molecule has 0 unspecified atom stereocenters. The van der Waals surface area contributed by atoms with Crippen LogP contribution in [0.25, 0.3) is 0 Å². The van der Waals surface area contributed by atoms with Crippen LogP contribution in [0, 0.1) is 11.8 Å². The van der Waals surface area contributed by atoms with Gasteiger partial charge in [0.25, 0.3) is 5.56 Å². The highest BCUT2D eigenvalue weighted by Crippen LogP contribution is 2.15. The predicted molar refractivity (Wildman–Crippen MR) is 94.9 cm³/mol. The highest BCUT2D eigenvalue weighted by molar-refractivity contribution is 5.48. The van der Waals surface area contributed by atoms with E-state index in [2.05, 4.69) is 11.8 Å². The highest BCUT2D eigenvalue weighted by Gasteiger charge is 2.08. The van der Waals surface area contributed by atoms with Gasteiger partial charge in [0.15, 0.2) is 0 Å². The second-order valence-corrected chi connectivity index (χ2v) is 5.36. The summed E-state index contributed by atoms with van der Waals surface area (Å²) in [4.78, 5) is 12.4. The molecule has 3 aromatic rings. The minimum Gasteiger partial charge on any atom is -0.487 e. The molecule has 0 fully saturated rings. The molecule has 0 bridgehead atoms. The van der Waals surface area contributed by atoms with Crippen molar-refractivity contribution in [2.24, 2.45) is 7.05 Å². The molecule has 0 aliphatic rings. The van der Waals surface area contributed by atoms with Gasteiger partial charge in [-0.1, -0.05) is 60.4 Å². The van der Waals surface area contributed by atoms with Crippen molar-refractivity contribution in [2.75, 3.05) is 0 Å². The first-order valence-electron chi connectivity index (χ1n) is 7.67. The number of ether oxygens (including phenoxy) is 1. The summed E-state index contributed by atoms with van der Waals surface area (Å²) in [6.45, 7) is 0.397. The van der Waals surface area contributed by atoms with Gasteiger partial charge in [0, 0.05) is 18.8 Å². The Bertz CT molecular complexity index is 932. The van der Waals surface area contributed by atoms with Crippen molar-refractivity contribution in [2.45, 2.75) is 6.61 Å². The second kappa shape index (κ2) is 7.34. The van der Waals surface area contributed by atoms with E-state index in [0.717, 1.165) is 11.1 Å². The zero-order valence-corrected chi connectivity index (χ0v) is 13.4. The molecule has 0 saturated carbocycles. The van der Waals surface area contributed by atoms with E-state index in [1.54, 1.807) is 19.3 Å². The number of pyridine rings is 1. The van der Waals surface area contributed by atoms with E-state index in [4.69, 9.17) is 4.74 Å². The van der Waals surface area contributed by atoms with Crippen LogP contribution in [-0.2, 0) is 13.7 Å². The van der Waals surface area contributed by atoms with Gasteiger partial charge in [0.05, 0.1) is 0 Å². The number of nitrogens with zero attached hydrogens (tertiary/aromatic N) is 1. The zero-order chi connectivity index (χ0) is 16.8. The highest BCUT2D eigenvalue weighted by atomic mass is 16.5. The van der Waals surface area contributed by atoms with Crippen LogP contribution in [0.2, 0.25) is 0 Å². The summed E-state index contributed by atoms with van der Waals surface area (Å²) in [5.74, 6) is 6.50. The molecule has 0 saturated heterocycles. The van der Waals surface area contributed by atoms with Gasteiger partial charge in [-0.3, -0.25) is 4.79 Å². The Balaban J connectivity index is 1.91. The Kier molecular flexibility index (Phi) is 4.78. The molecule has 0 N–H and O–H groups in total. The minimum absolute atomic E-state index is 0.163. The lowest BCUT2D eigenvalue weighted by atomic mass is 10.2. The Morgan fingerprint density at radius 2 is 1.58 bits per heavy atom. The first-order valence-corrected chi connectivity index (χ1v) is 7.67. The van der Waals surface area contributed by atoms with Crippen molar-refractivity contribution in [1.82, 2.24) is 4.57 Å². The molecule has 1 aromatic heterocycles. The maximum atomic E-state index is 12.4. The van der Waals surface area contributed by atoms with Gasteiger partial charge in [0.2, 0.25) is 0 Å². The van der Waals surface area contributed by atoms with Gasteiger partial charge in [-0.05, 0) is 23.8 Å². The summed E-state index contributed by atoms with van der Waals surface area (Å²) in [6.07, 6.45) is 1.69. The first-order chi connectivity index (χ1) is 11.7. The van der Waals surface area contributed by atoms with E-state index in [-0.39, 0.29) is 5.56 Å². The maximum Gasteiger partial charge on any atom is 0.269 e. The summed E-state index contributed by atoms with van der Waals surface area (Å²) < 4.78 is 7.34. The van der Waals surface area contributed by atoms with Crippen LogP contribution in [-0.4, -0.2) is 4.57 Å². The SMILES string of the molecule is Cn1ccc(OCc2ccccc2)c(C#Cc2ccccc2)c1=O. The third-order valence-electron chi connectivity index (χ3n) is 3.57. The Labute approximate surface area is 141 Å². The molecule has 0 spiro atoms. The molecular weight excluding hydrogens is 298 g/mol. The third-order valence-corrected chi connectivity index (χ3v) is 3.57. The zero-order valence-electron chi connectivity index (χ0n) is 13.4. The molecule has 0 amide bonds. The molecule has 0 aliphatic heterocycles. The lowest BCUT2D eigenvalue weighted by Gasteiger charge is -2.09. The van der Waals surface area contributed by atoms with E-state index in [0.29, 0.717) is 17.9 Å². The van der Waals surface area contributed by atoms with Crippen molar-refractivity contribution in [1.29, 1.82) is 0 Å². The van der Waals surface area contributed by atoms with Crippen LogP contribution in [0.15, 0.2) is 77.7 Å². The normalized spacial score (nSPS) is 9.88. The quantitative estimate of drug-likeness (QED) is 0.694. The Morgan fingerprint density at radius 3 is 2.29 bits per heavy atom. The van der Waals surface area contributed by atoms with Gasteiger partial charge < -0.3 is 9.30 Å². The van der Waals surface area contributed by atoms with Crippen LogP contribution >= 0.6 is 0 Å². The van der Waals surface area contributed by atoms with E-state index >= 15 is 0 Å². The maximum absolute atomic E-state index is 12.4. The van der Waals surface area contributed by atoms with Gasteiger partial charge in [-0.25, -0.2) is 0 Å². The Morgan fingerprint density at radius 1 is 0.917 bits per heavy atom. The molecule has 3 nitrogen and oxygen atoms in total. The van der Waals surface area contributed by atoms with Crippen LogP contribution < -0.4 is 10.3 Å². The van der Waals surface area contributed by atoms with Crippen molar-refractivity contribution in [3.8, 4) is 17.6 Å². The van der Waals surface area contributed by atoms with E-state index < -0.39 is 0 Å². The third kappa shape index (κ3) is 3.74. The van der Waals surface area contributed by atoms with Crippen molar-refractivity contribution in [3.63, 3.8) is 0 Å². The molecule has 3 heteroatoms. The van der Waals surface area contributed by atoms with E-state index in [9.17, 15) is 4.79 Å². The van der Waals surface area contributed by atoms with Crippen molar-refractivity contribution < 1.29 is 4.74 Å². The fourth-order valence-electron chi connectivity index (χ4n) is 2.24. The van der Waals surface area contributed by atoms with Crippen LogP contribution in [0.5, 0.6) is 5.75 Å². The molecule has 2 aromatic carbocycles. The summed E-state index contributed by atoms with van der Waals surface area (Å²) >= 11 is 0. The standard InChI is InChI=1S/C21H17NO2/c1-22-15-14-20(24-16-18-10-6-3-7-11-18)19(21(22)23)13-12-17-8-4-2-5-9-17/h2-11,14-15H,16H2,1H3. The topological polar surface area (TPSA) is 31.2 Å². The molecular formula is C21H17NO2. The largest absolute Gasteiger partial charge is 0.487 e. The monoisotopic (exact) mass is 315 g/mol.